The van der Waals surface area contributed by atoms with Crippen molar-refractivity contribution in [1.82, 2.24) is 0 Å². The molecule has 0 saturated carbocycles. The van der Waals surface area contributed by atoms with Crippen molar-refractivity contribution in [3.05, 3.63) is 94.5 Å². The Morgan fingerprint density at radius 3 is 2.19 bits per heavy atom. The maximum Gasteiger partial charge on any atom is 0.293 e. The minimum Gasteiger partial charge on any atom is -0.368 e. The maximum atomic E-state index is 13.0. The van der Waals surface area contributed by atoms with Gasteiger partial charge in [-0.2, -0.15) is 0 Å². The Morgan fingerprint density at radius 2 is 1.61 bits per heavy atom. The van der Waals surface area contributed by atoms with E-state index in [0.717, 1.165) is 17.9 Å². The number of benzene rings is 3. The Balaban J connectivity index is 1.94. The van der Waals surface area contributed by atoms with E-state index >= 15 is 0 Å². The Hall–Kier alpha value is -3.72. The van der Waals surface area contributed by atoms with Crippen molar-refractivity contribution in [3.8, 4) is 0 Å². The lowest BCUT2D eigenvalue weighted by atomic mass is 10.0. The fourth-order valence-corrected chi connectivity index (χ4v) is 3.65. The average molecular weight is 439 g/mol. The Bertz CT molecular complexity index is 1180. The number of anilines is 2. The summed E-state index contributed by atoms with van der Waals surface area (Å²) >= 11 is 0. The summed E-state index contributed by atoms with van der Waals surface area (Å²) in [5.41, 5.74) is 1.09. The smallest absolute Gasteiger partial charge is 0.293 e. The van der Waals surface area contributed by atoms with Crippen LogP contribution in [0.2, 0.25) is 0 Å². The molecule has 0 heterocycles. The van der Waals surface area contributed by atoms with Crippen LogP contribution < -0.4 is 10.6 Å². The third-order valence-electron chi connectivity index (χ3n) is 4.56. The molecule has 0 aliphatic heterocycles. The quantitative estimate of drug-likeness (QED) is 0.408. The first-order valence-electron chi connectivity index (χ1n) is 9.39. The van der Waals surface area contributed by atoms with Crippen LogP contribution in [0.5, 0.6) is 0 Å². The Morgan fingerprint density at radius 1 is 1.00 bits per heavy atom. The molecule has 0 aliphatic carbocycles. The van der Waals surface area contributed by atoms with E-state index in [-0.39, 0.29) is 22.9 Å². The standard InChI is InChI=1S/C22H21N3O5S/c1-31(29,30)18-12-13-19(21(15-18)25(27)28)24-20(14-16-8-4-2-5-9-16)22(26)23-17-10-6-3-7-11-17/h2-13,15,20,24H,14H2,1H3,(H,23,26)/t20-/m1/s1. The molecule has 0 fully saturated rings. The summed E-state index contributed by atoms with van der Waals surface area (Å²) in [6.45, 7) is 0. The fourth-order valence-electron chi connectivity index (χ4n) is 3.01. The fraction of sp³-hybridized carbons (Fsp3) is 0.136. The number of amides is 1. The summed E-state index contributed by atoms with van der Waals surface area (Å²) in [5.74, 6) is -0.378. The highest BCUT2D eigenvalue weighted by Gasteiger charge is 2.25. The highest BCUT2D eigenvalue weighted by atomic mass is 32.2. The number of hydrogen-bond donors (Lipinski definition) is 2. The molecule has 0 spiro atoms. The van der Waals surface area contributed by atoms with Gasteiger partial charge in [-0.15, -0.1) is 0 Å². The molecule has 0 saturated heterocycles. The van der Waals surface area contributed by atoms with Crippen LogP contribution in [0.4, 0.5) is 17.1 Å². The minimum atomic E-state index is -3.62. The normalized spacial score (nSPS) is 12.0. The van der Waals surface area contributed by atoms with Crippen molar-refractivity contribution in [2.45, 2.75) is 17.4 Å². The number of hydrogen-bond acceptors (Lipinski definition) is 6. The largest absolute Gasteiger partial charge is 0.368 e. The summed E-state index contributed by atoms with van der Waals surface area (Å²) in [6.07, 6.45) is 1.25. The van der Waals surface area contributed by atoms with Gasteiger partial charge in [-0.1, -0.05) is 48.5 Å². The summed E-state index contributed by atoms with van der Waals surface area (Å²) in [7, 11) is -3.62. The Kier molecular flexibility index (Phi) is 6.66. The van der Waals surface area contributed by atoms with Crippen molar-refractivity contribution < 1.29 is 18.1 Å². The summed E-state index contributed by atoms with van der Waals surface area (Å²) in [4.78, 5) is 23.7. The average Bonchev–Trinajstić information content (AvgIpc) is 2.74. The van der Waals surface area contributed by atoms with Gasteiger partial charge in [0.15, 0.2) is 9.84 Å². The van der Waals surface area contributed by atoms with Gasteiger partial charge in [-0.05, 0) is 29.8 Å². The molecule has 0 radical (unpaired) electrons. The van der Waals surface area contributed by atoms with E-state index in [1.807, 2.05) is 36.4 Å². The van der Waals surface area contributed by atoms with Gasteiger partial charge >= 0.3 is 0 Å². The SMILES string of the molecule is CS(=O)(=O)c1ccc(N[C@H](Cc2ccccc2)C(=O)Nc2ccccc2)c([N+](=O)[O-])c1. The molecule has 160 valence electrons. The zero-order valence-electron chi connectivity index (χ0n) is 16.7. The van der Waals surface area contributed by atoms with Crippen LogP contribution in [-0.2, 0) is 21.1 Å². The van der Waals surface area contributed by atoms with Gasteiger partial charge in [0, 0.05) is 24.4 Å². The van der Waals surface area contributed by atoms with Crippen LogP contribution in [0.3, 0.4) is 0 Å². The molecule has 0 aromatic heterocycles. The second-order valence-corrected chi connectivity index (χ2v) is 8.97. The predicted octanol–water partition coefficient (Wildman–Crippen LogP) is 3.66. The van der Waals surface area contributed by atoms with E-state index in [9.17, 15) is 23.3 Å². The number of nitrogens with one attached hydrogen (secondary N) is 2. The topological polar surface area (TPSA) is 118 Å². The number of nitro groups is 1. The molecule has 1 amide bonds. The third kappa shape index (κ3) is 5.89. The van der Waals surface area contributed by atoms with Gasteiger partial charge in [-0.3, -0.25) is 14.9 Å². The first kappa shape index (κ1) is 22.0. The molecule has 8 nitrogen and oxygen atoms in total. The lowest BCUT2D eigenvalue weighted by Crippen LogP contribution is -2.36. The highest BCUT2D eigenvalue weighted by molar-refractivity contribution is 7.90. The second-order valence-electron chi connectivity index (χ2n) is 6.95. The van der Waals surface area contributed by atoms with Gasteiger partial charge in [0.1, 0.15) is 11.7 Å². The summed E-state index contributed by atoms with van der Waals surface area (Å²) in [6, 6.07) is 20.8. The monoisotopic (exact) mass is 439 g/mol. The van der Waals surface area contributed by atoms with Crippen molar-refractivity contribution in [1.29, 1.82) is 0 Å². The van der Waals surface area contributed by atoms with Crippen LogP contribution in [-0.4, -0.2) is 31.5 Å². The molecule has 9 heteroatoms. The number of carbonyl (C=O) groups is 1. The van der Waals surface area contributed by atoms with Gasteiger partial charge in [0.25, 0.3) is 5.69 Å². The summed E-state index contributed by atoms with van der Waals surface area (Å²) in [5, 5.41) is 17.3. The van der Waals surface area contributed by atoms with Gasteiger partial charge in [0.05, 0.1) is 9.82 Å². The number of rotatable bonds is 8. The molecular formula is C22H21N3O5S. The first-order chi connectivity index (χ1) is 14.7. The first-order valence-corrected chi connectivity index (χ1v) is 11.3. The van der Waals surface area contributed by atoms with Crippen molar-refractivity contribution in [2.24, 2.45) is 0 Å². The van der Waals surface area contributed by atoms with Crippen molar-refractivity contribution >= 4 is 32.8 Å². The van der Waals surface area contributed by atoms with Gasteiger partial charge < -0.3 is 10.6 Å². The molecule has 0 unspecified atom stereocenters. The zero-order chi connectivity index (χ0) is 22.4. The number of para-hydroxylation sites is 1. The number of nitrogens with zero attached hydrogens (tertiary/aromatic N) is 1. The van der Waals surface area contributed by atoms with Crippen LogP contribution in [0, 0.1) is 10.1 Å². The van der Waals surface area contributed by atoms with E-state index in [4.69, 9.17) is 0 Å². The third-order valence-corrected chi connectivity index (χ3v) is 5.67. The molecule has 3 aromatic carbocycles. The molecule has 0 aliphatic rings. The second kappa shape index (κ2) is 9.40. The number of carbonyl (C=O) groups excluding carboxylic acids is 1. The molecule has 3 rings (SSSR count). The van der Waals surface area contributed by atoms with Crippen molar-refractivity contribution in [3.63, 3.8) is 0 Å². The van der Waals surface area contributed by atoms with E-state index < -0.39 is 26.5 Å². The lowest BCUT2D eigenvalue weighted by molar-refractivity contribution is -0.384. The Labute approximate surface area is 180 Å². The molecule has 0 bridgehead atoms. The lowest BCUT2D eigenvalue weighted by Gasteiger charge is -2.20. The van der Waals surface area contributed by atoms with E-state index in [2.05, 4.69) is 10.6 Å². The van der Waals surface area contributed by atoms with E-state index in [1.54, 1.807) is 24.3 Å². The minimum absolute atomic E-state index is 0.0570. The van der Waals surface area contributed by atoms with Crippen LogP contribution in [0.15, 0.2) is 83.8 Å². The van der Waals surface area contributed by atoms with Crippen LogP contribution in [0.25, 0.3) is 0 Å². The number of sulfone groups is 1. The summed E-state index contributed by atoms with van der Waals surface area (Å²) < 4.78 is 23.6. The zero-order valence-corrected chi connectivity index (χ0v) is 17.5. The van der Waals surface area contributed by atoms with E-state index in [0.29, 0.717) is 5.69 Å². The van der Waals surface area contributed by atoms with E-state index in [1.165, 1.54) is 12.1 Å². The molecule has 2 N–H and O–H groups in total. The predicted molar refractivity (Wildman–Crippen MR) is 119 cm³/mol. The van der Waals surface area contributed by atoms with Gasteiger partial charge in [-0.25, -0.2) is 8.42 Å². The molecule has 3 aromatic rings. The maximum absolute atomic E-state index is 13.0. The number of nitro benzene ring substituents is 1. The van der Waals surface area contributed by atoms with Crippen LogP contribution >= 0.6 is 0 Å². The highest BCUT2D eigenvalue weighted by Crippen LogP contribution is 2.29. The molecular weight excluding hydrogens is 418 g/mol. The molecule has 1 atom stereocenters. The van der Waals surface area contributed by atoms with Crippen LogP contribution in [0.1, 0.15) is 5.56 Å². The van der Waals surface area contributed by atoms with Crippen molar-refractivity contribution in [2.75, 3.05) is 16.9 Å². The van der Waals surface area contributed by atoms with Gasteiger partial charge in [0.2, 0.25) is 5.91 Å². The molecule has 31 heavy (non-hydrogen) atoms.